The maximum atomic E-state index is 5.34. The zero-order valence-electron chi connectivity index (χ0n) is 10.6. The van der Waals surface area contributed by atoms with E-state index in [9.17, 15) is 0 Å². The van der Waals surface area contributed by atoms with Gasteiger partial charge in [-0.3, -0.25) is 5.43 Å². The van der Waals surface area contributed by atoms with E-state index in [0.717, 1.165) is 38.5 Å². The van der Waals surface area contributed by atoms with Gasteiger partial charge in [-0.05, 0) is 13.1 Å². The number of para-hydroxylation sites is 1. The Kier molecular flexibility index (Phi) is 4.36. The summed E-state index contributed by atoms with van der Waals surface area (Å²) >= 11 is 0. The topological polar surface area (TPSA) is 27.7 Å². The van der Waals surface area contributed by atoms with Crippen molar-refractivity contribution in [1.82, 2.24) is 15.3 Å². The molecule has 1 heterocycles. The summed E-state index contributed by atoms with van der Waals surface area (Å²) in [7, 11) is 3.88. The van der Waals surface area contributed by atoms with Crippen LogP contribution in [-0.4, -0.2) is 50.2 Å². The van der Waals surface area contributed by atoms with Crippen LogP contribution in [0.2, 0.25) is 0 Å². The molecule has 94 valence electrons. The van der Waals surface area contributed by atoms with Gasteiger partial charge in [0.05, 0.1) is 7.11 Å². The Labute approximate surface area is 103 Å². The number of hydrogen-bond donors (Lipinski definition) is 1. The van der Waals surface area contributed by atoms with Crippen molar-refractivity contribution in [3.05, 3.63) is 29.8 Å². The number of methoxy groups -OCH3 is 1. The predicted molar refractivity (Wildman–Crippen MR) is 68.9 cm³/mol. The molecule has 0 radical (unpaired) electrons. The highest BCUT2D eigenvalue weighted by Crippen LogP contribution is 2.16. The Morgan fingerprint density at radius 1 is 1.18 bits per heavy atom. The Hall–Kier alpha value is -1.10. The van der Waals surface area contributed by atoms with E-state index >= 15 is 0 Å². The third-order valence-corrected chi connectivity index (χ3v) is 3.19. The van der Waals surface area contributed by atoms with Crippen molar-refractivity contribution in [2.75, 3.05) is 40.3 Å². The summed E-state index contributed by atoms with van der Waals surface area (Å²) in [5, 5.41) is 2.28. The van der Waals surface area contributed by atoms with Crippen LogP contribution < -0.4 is 10.2 Å². The second-order valence-corrected chi connectivity index (χ2v) is 4.44. The van der Waals surface area contributed by atoms with Crippen molar-refractivity contribution in [1.29, 1.82) is 0 Å². The largest absolute Gasteiger partial charge is 0.496 e. The van der Waals surface area contributed by atoms with Gasteiger partial charge in [0.1, 0.15) is 5.75 Å². The molecule has 0 aromatic heterocycles. The molecule has 17 heavy (non-hydrogen) atoms. The van der Waals surface area contributed by atoms with Crippen molar-refractivity contribution in [3.63, 3.8) is 0 Å². The van der Waals surface area contributed by atoms with Crippen LogP contribution in [0.4, 0.5) is 0 Å². The lowest BCUT2D eigenvalue weighted by atomic mass is 10.2. The van der Waals surface area contributed by atoms with Crippen molar-refractivity contribution < 1.29 is 4.74 Å². The Balaban J connectivity index is 1.85. The minimum absolute atomic E-state index is 0.827. The lowest BCUT2D eigenvalue weighted by Gasteiger charge is -2.32. The fourth-order valence-corrected chi connectivity index (χ4v) is 2.01. The molecule has 1 saturated heterocycles. The van der Waals surface area contributed by atoms with Crippen LogP contribution >= 0.6 is 0 Å². The van der Waals surface area contributed by atoms with Gasteiger partial charge in [0.25, 0.3) is 0 Å². The highest BCUT2D eigenvalue weighted by atomic mass is 16.5. The Bertz CT molecular complexity index is 348. The van der Waals surface area contributed by atoms with E-state index in [0.29, 0.717) is 0 Å². The zero-order chi connectivity index (χ0) is 12.1. The lowest BCUT2D eigenvalue weighted by Crippen LogP contribution is -2.50. The molecule has 4 nitrogen and oxygen atoms in total. The summed E-state index contributed by atoms with van der Waals surface area (Å²) < 4.78 is 5.34. The van der Waals surface area contributed by atoms with Crippen molar-refractivity contribution >= 4 is 0 Å². The molecule has 0 amide bonds. The maximum absolute atomic E-state index is 5.34. The number of hydrogen-bond acceptors (Lipinski definition) is 4. The summed E-state index contributed by atoms with van der Waals surface area (Å²) in [6.45, 7) is 5.23. The van der Waals surface area contributed by atoms with Crippen LogP contribution in [0, 0.1) is 0 Å². The van der Waals surface area contributed by atoms with Crippen molar-refractivity contribution in [3.8, 4) is 5.75 Å². The lowest BCUT2D eigenvalue weighted by molar-refractivity contribution is 0.102. The van der Waals surface area contributed by atoms with E-state index in [4.69, 9.17) is 4.74 Å². The number of nitrogens with one attached hydrogen (secondary N) is 1. The van der Waals surface area contributed by atoms with E-state index in [2.05, 4.69) is 28.4 Å². The van der Waals surface area contributed by atoms with Crippen LogP contribution in [0.3, 0.4) is 0 Å². The van der Waals surface area contributed by atoms with E-state index < -0.39 is 0 Å². The number of rotatable bonds is 4. The Morgan fingerprint density at radius 3 is 2.59 bits per heavy atom. The molecular formula is C13H21N3O. The quantitative estimate of drug-likeness (QED) is 0.841. The third kappa shape index (κ3) is 3.43. The van der Waals surface area contributed by atoms with Gasteiger partial charge < -0.3 is 9.64 Å². The molecule has 4 heteroatoms. The SMILES string of the molecule is COc1ccccc1CNN1CCN(C)CC1. The van der Waals surface area contributed by atoms with Gasteiger partial charge in [-0.15, -0.1) is 0 Å². The molecule has 1 fully saturated rings. The van der Waals surface area contributed by atoms with Gasteiger partial charge in [-0.25, -0.2) is 5.01 Å². The highest BCUT2D eigenvalue weighted by Gasteiger charge is 2.13. The molecule has 1 aliphatic rings. The number of benzene rings is 1. The average Bonchev–Trinajstić information content (AvgIpc) is 2.38. The van der Waals surface area contributed by atoms with Crippen LogP contribution in [0.15, 0.2) is 24.3 Å². The van der Waals surface area contributed by atoms with Gasteiger partial charge in [-0.2, -0.15) is 0 Å². The fraction of sp³-hybridized carbons (Fsp3) is 0.538. The number of likely N-dealkylation sites (N-methyl/N-ethyl adjacent to an activating group) is 1. The molecular weight excluding hydrogens is 214 g/mol. The molecule has 1 N–H and O–H groups in total. The smallest absolute Gasteiger partial charge is 0.123 e. The van der Waals surface area contributed by atoms with Crippen LogP contribution in [0.1, 0.15) is 5.56 Å². The van der Waals surface area contributed by atoms with E-state index in [1.165, 1.54) is 5.56 Å². The normalized spacial score (nSPS) is 18.2. The van der Waals surface area contributed by atoms with Gasteiger partial charge in [0.2, 0.25) is 0 Å². The van der Waals surface area contributed by atoms with E-state index in [-0.39, 0.29) is 0 Å². The zero-order valence-corrected chi connectivity index (χ0v) is 10.6. The summed E-state index contributed by atoms with van der Waals surface area (Å²) in [5.74, 6) is 0.953. The minimum Gasteiger partial charge on any atom is -0.496 e. The molecule has 0 aliphatic carbocycles. The van der Waals surface area contributed by atoms with Gasteiger partial charge in [0, 0.05) is 38.3 Å². The number of ether oxygens (including phenoxy) is 1. The van der Waals surface area contributed by atoms with Gasteiger partial charge in [0.15, 0.2) is 0 Å². The number of hydrazine groups is 1. The molecule has 1 aromatic carbocycles. The molecule has 0 unspecified atom stereocenters. The van der Waals surface area contributed by atoms with Gasteiger partial charge >= 0.3 is 0 Å². The molecule has 1 aromatic rings. The van der Waals surface area contributed by atoms with Crippen LogP contribution in [0.5, 0.6) is 5.75 Å². The third-order valence-electron chi connectivity index (χ3n) is 3.19. The molecule has 0 bridgehead atoms. The molecule has 1 aliphatic heterocycles. The molecule has 0 spiro atoms. The Morgan fingerprint density at radius 2 is 1.88 bits per heavy atom. The first kappa shape index (κ1) is 12.4. The maximum Gasteiger partial charge on any atom is 0.123 e. The molecule has 0 saturated carbocycles. The first-order valence-electron chi connectivity index (χ1n) is 6.08. The first-order valence-corrected chi connectivity index (χ1v) is 6.08. The summed E-state index contributed by atoms with van der Waals surface area (Å²) in [4.78, 5) is 2.35. The monoisotopic (exact) mass is 235 g/mol. The minimum atomic E-state index is 0.827. The molecule has 2 rings (SSSR count). The first-order chi connectivity index (χ1) is 8.29. The predicted octanol–water partition coefficient (Wildman–Crippen LogP) is 0.947. The standard InChI is InChI=1S/C13H21N3O/c1-15-7-9-16(10-8-15)14-11-12-5-3-4-6-13(12)17-2/h3-6,14H,7-11H2,1-2H3. The fourth-order valence-electron chi connectivity index (χ4n) is 2.01. The number of nitrogens with zero attached hydrogens (tertiary/aromatic N) is 2. The van der Waals surface area contributed by atoms with E-state index in [1.54, 1.807) is 7.11 Å². The summed E-state index contributed by atoms with van der Waals surface area (Å²) in [6, 6.07) is 8.14. The average molecular weight is 235 g/mol. The van der Waals surface area contributed by atoms with Crippen molar-refractivity contribution in [2.45, 2.75) is 6.54 Å². The highest BCUT2D eigenvalue weighted by molar-refractivity contribution is 5.32. The van der Waals surface area contributed by atoms with Gasteiger partial charge in [-0.1, -0.05) is 18.2 Å². The van der Waals surface area contributed by atoms with Crippen LogP contribution in [0.25, 0.3) is 0 Å². The second-order valence-electron chi connectivity index (χ2n) is 4.44. The number of piperazine rings is 1. The summed E-state index contributed by atoms with van der Waals surface area (Å²) in [6.07, 6.45) is 0. The second kappa shape index (κ2) is 6.00. The molecule has 0 atom stereocenters. The summed E-state index contributed by atoms with van der Waals surface area (Å²) in [5.41, 5.74) is 4.66. The van der Waals surface area contributed by atoms with Crippen molar-refractivity contribution in [2.24, 2.45) is 0 Å². The van der Waals surface area contributed by atoms with E-state index in [1.807, 2.05) is 18.2 Å². The van der Waals surface area contributed by atoms with Crippen LogP contribution in [-0.2, 0) is 6.54 Å².